The Morgan fingerprint density at radius 1 is 1.18 bits per heavy atom. The van der Waals surface area contributed by atoms with Crippen LogP contribution in [-0.2, 0) is 14.8 Å². The number of sulfonamides is 1. The quantitative estimate of drug-likeness (QED) is 0.423. The summed E-state index contributed by atoms with van der Waals surface area (Å²) in [7, 11) is -2.06. The zero-order valence-corrected chi connectivity index (χ0v) is 23.7. The lowest BCUT2D eigenvalue weighted by Gasteiger charge is -2.38. The lowest BCUT2D eigenvalue weighted by atomic mass is 9.87. The average molecular weight is 558 g/mol. The summed E-state index contributed by atoms with van der Waals surface area (Å²) in [5, 5.41) is 6.84. The first kappa shape index (κ1) is 27.0. The number of carbonyl (C=O) groups excluding carboxylic acids is 1. The first-order valence-corrected chi connectivity index (χ1v) is 15.4. The zero-order valence-electron chi connectivity index (χ0n) is 22.1. The van der Waals surface area contributed by atoms with Crippen LogP contribution in [0.25, 0.3) is 10.3 Å². The highest BCUT2D eigenvalue weighted by atomic mass is 32.2. The molecule has 2 fully saturated rings. The Balaban J connectivity index is 1.37. The van der Waals surface area contributed by atoms with E-state index in [2.05, 4.69) is 20.6 Å². The maximum atomic E-state index is 13.6. The van der Waals surface area contributed by atoms with Gasteiger partial charge in [0, 0.05) is 31.2 Å². The van der Waals surface area contributed by atoms with E-state index in [4.69, 9.17) is 4.74 Å². The molecule has 2 N–H and O–H groups in total. The third-order valence-electron chi connectivity index (χ3n) is 7.49. The van der Waals surface area contributed by atoms with E-state index >= 15 is 0 Å². The molecule has 0 radical (unpaired) electrons. The molecule has 3 heterocycles. The molecule has 1 amide bonds. The molecular formula is C27H35N5O4S2. The molecular weight excluding hydrogens is 522 g/mol. The van der Waals surface area contributed by atoms with Crippen molar-refractivity contribution in [2.75, 3.05) is 32.1 Å². The van der Waals surface area contributed by atoms with Gasteiger partial charge in [-0.05, 0) is 49.9 Å². The minimum Gasteiger partial charge on any atom is -0.481 e. The highest BCUT2D eigenvalue weighted by Gasteiger charge is 2.34. The number of carbonyl (C=O) groups is 1. The second kappa shape index (κ2) is 10.9. The van der Waals surface area contributed by atoms with Gasteiger partial charge in [-0.2, -0.15) is 4.31 Å². The van der Waals surface area contributed by atoms with Crippen LogP contribution in [0, 0.1) is 5.92 Å². The van der Waals surface area contributed by atoms with Gasteiger partial charge in [-0.3, -0.25) is 4.79 Å². The van der Waals surface area contributed by atoms with E-state index < -0.39 is 15.9 Å². The SMILES string of the molecule is COc1ccc2nc(NC(=O)C(CC3CCCC3)c3ccc(S(=O)(=O)N4CCNC(C)(C)C4)cc3)sc2n1. The third kappa shape index (κ3) is 5.85. The van der Waals surface area contributed by atoms with Gasteiger partial charge in [0.1, 0.15) is 10.3 Å². The monoisotopic (exact) mass is 557 g/mol. The molecule has 2 aliphatic rings. The van der Waals surface area contributed by atoms with Gasteiger partial charge in [0.25, 0.3) is 0 Å². The van der Waals surface area contributed by atoms with E-state index in [9.17, 15) is 13.2 Å². The van der Waals surface area contributed by atoms with Crippen molar-refractivity contribution in [3.05, 3.63) is 42.0 Å². The van der Waals surface area contributed by atoms with Crippen LogP contribution in [0.2, 0.25) is 0 Å². The number of nitrogens with zero attached hydrogens (tertiary/aromatic N) is 3. The van der Waals surface area contributed by atoms with Gasteiger partial charge in [-0.25, -0.2) is 18.4 Å². The van der Waals surface area contributed by atoms with Gasteiger partial charge >= 0.3 is 0 Å². The Hall–Kier alpha value is -2.60. The van der Waals surface area contributed by atoms with Gasteiger partial charge in [0.05, 0.1) is 17.9 Å². The number of methoxy groups -OCH3 is 1. The fourth-order valence-corrected chi connectivity index (χ4v) is 7.89. The molecule has 1 saturated heterocycles. The van der Waals surface area contributed by atoms with Gasteiger partial charge in [-0.1, -0.05) is 49.2 Å². The molecule has 5 rings (SSSR count). The van der Waals surface area contributed by atoms with Gasteiger partial charge < -0.3 is 15.4 Å². The van der Waals surface area contributed by atoms with E-state index in [1.54, 1.807) is 37.4 Å². The molecule has 9 nitrogen and oxygen atoms in total. The molecule has 1 aromatic carbocycles. The number of pyridine rings is 1. The van der Waals surface area contributed by atoms with Crippen molar-refractivity contribution < 1.29 is 17.9 Å². The Kier molecular flexibility index (Phi) is 7.72. The van der Waals surface area contributed by atoms with Crippen LogP contribution >= 0.6 is 11.3 Å². The zero-order chi connectivity index (χ0) is 26.9. The number of piperazine rings is 1. The fourth-order valence-electron chi connectivity index (χ4n) is 5.45. The van der Waals surface area contributed by atoms with Crippen molar-refractivity contribution in [3.63, 3.8) is 0 Å². The number of anilines is 1. The van der Waals surface area contributed by atoms with Crippen LogP contribution in [0.4, 0.5) is 5.13 Å². The number of aromatic nitrogens is 2. The molecule has 3 aromatic rings. The maximum absolute atomic E-state index is 13.6. The summed E-state index contributed by atoms with van der Waals surface area (Å²) in [6, 6.07) is 10.4. The summed E-state index contributed by atoms with van der Waals surface area (Å²) in [5.74, 6) is 0.431. The largest absolute Gasteiger partial charge is 0.481 e. The number of nitrogens with one attached hydrogen (secondary N) is 2. The fraction of sp³-hybridized carbons (Fsp3) is 0.519. The van der Waals surface area contributed by atoms with Crippen molar-refractivity contribution in [2.45, 2.75) is 62.3 Å². The van der Waals surface area contributed by atoms with E-state index in [0.29, 0.717) is 46.9 Å². The second-order valence-electron chi connectivity index (χ2n) is 10.8. The Bertz CT molecular complexity index is 1400. The molecule has 1 atom stereocenters. The smallest absolute Gasteiger partial charge is 0.243 e. The molecule has 1 saturated carbocycles. The van der Waals surface area contributed by atoms with E-state index in [0.717, 1.165) is 24.8 Å². The maximum Gasteiger partial charge on any atom is 0.243 e. The summed E-state index contributed by atoms with van der Waals surface area (Å²) in [4.78, 5) is 23.5. The lowest BCUT2D eigenvalue weighted by Crippen LogP contribution is -2.58. The highest BCUT2D eigenvalue weighted by molar-refractivity contribution is 7.89. The number of hydrogen-bond donors (Lipinski definition) is 2. The molecule has 0 spiro atoms. The number of rotatable bonds is 8. The van der Waals surface area contributed by atoms with Crippen LogP contribution in [0.15, 0.2) is 41.3 Å². The predicted molar refractivity (Wildman–Crippen MR) is 149 cm³/mol. The number of benzene rings is 1. The van der Waals surface area contributed by atoms with Crippen LogP contribution in [0.1, 0.15) is 57.4 Å². The Labute approximate surface area is 228 Å². The number of amides is 1. The first-order chi connectivity index (χ1) is 18.1. The lowest BCUT2D eigenvalue weighted by molar-refractivity contribution is -0.118. The topological polar surface area (TPSA) is 114 Å². The molecule has 2 aromatic heterocycles. The standard InChI is InChI=1S/C27H35N5O4S2/c1-27(2)17-32(15-14-28-27)38(34,35)20-10-8-19(9-11-20)21(16-18-6-4-5-7-18)24(33)31-26-29-22-12-13-23(36-3)30-25(22)37-26/h8-13,18,21,28H,4-7,14-17H2,1-3H3,(H,29,31,33). The molecule has 204 valence electrons. The summed E-state index contributed by atoms with van der Waals surface area (Å²) in [5.41, 5.74) is 1.23. The van der Waals surface area contributed by atoms with E-state index in [-0.39, 0.29) is 16.3 Å². The second-order valence-corrected chi connectivity index (χ2v) is 13.8. The normalized spacial score (nSPS) is 19.4. The summed E-state index contributed by atoms with van der Waals surface area (Å²) in [6.45, 7) is 5.46. The van der Waals surface area contributed by atoms with Gasteiger partial charge in [0.15, 0.2) is 5.13 Å². The molecule has 11 heteroatoms. The van der Waals surface area contributed by atoms with Crippen molar-refractivity contribution >= 4 is 42.7 Å². The van der Waals surface area contributed by atoms with E-state index in [1.165, 1.54) is 28.5 Å². The van der Waals surface area contributed by atoms with Crippen LogP contribution in [0.3, 0.4) is 0 Å². The number of fused-ring (bicyclic) bond motifs is 1. The van der Waals surface area contributed by atoms with Crippen LogP contribution in [0.5, 0.6) is 5.88 Å². The number of thiazole rings is 1. The Morgan fingerprint density at radius 2 is 1.92 bits per heavy atom. The number of ether oxygens (including phenoxy) is 1. The van der Waals surface area contributed by atoms with Crippen molar-refractivity contribution in [1.29, 1.82) is 0 Å². The first-order valence-electron chi connectivity index (χ1n) is 13.1. The van der Waals surface area contributed by atoms with Gasteiger partial charge in [-0.15, -0.1) is 0 Å². The number of hydrogen-bond acceptors (Lipinski definition) is 8. The van der Waals surface area contributed by atoms with Crippen molar-refractivity contribution in [1.82, 2.24) is 19.6 Å². The summed E-state index contributed by atoms with van der Waals surface area (Å²) in [6.07, 6.45) is 5.31. The Morgan fingerprint density at radius 3 is 2.61 bits per heavy atom. The summed E-state index contributed by atoms with van der Waals surface area (Å²) < 4.78 is 33.4. The van der Waals surface area contributed by atoms with Crippen LogP contribution in [-0.4, -0.2) is 60.9 Å². The minimum atomic E-state index is -3.62. The van der Waals surface area contributed by atoms with E-state index in [1.807, 2.05) is 19.9 Å². The van der Waals surface area contributed by atoms with Crippen molar-refractivity contribution in [2.24, 2.45) is 5.92 Å². The highest BCUT2D eigenvalue weighted by Crippen LogP contribution is 2.36. The summed E-state index contributed by atoms with van der Waals surface area (Å²) >= 11 is 1.31. The van der Waals surface area contributed by atoms with Gasteiger partial charge in [0.2, 0.25) is 21.8 Å². The minimum absolute atomic E-state index is 0.137. The van der Waals surface area contributed by atoms with Crippen molar-refractivity contribution in [3.8, 4) is 5.88 Å². The molecule has 38 heavy (non-hydrogen) atoms. The molecule has 1 aliphatic carbocycles. The third-order valence-corrected chi connectivity index (χ3v) is 10.2. The molecule has 0 bridgehead atoms. The average Bonchev–Trinajstić information content (AvgIpc) is 3.55. The molecule has 1 aliphatic heterocycles. The van der Waals surface area contributed by atoms with Crippen LogP contribution < -0.4 is 15.4 Å². The predicted octanol–water partition coefficient (Wildman–Crippen LogP) is 4.38. The molecule has 1 unspecified atom stereocenters.